The number of carbonyl (C=O) groups excluding carboxylic acids is 1. The Morgan fingerprint density at radius 1 is 1.06 bits per heavy atom. The van der Waals surface area contributed by atoms with Crippen molar-refractivity contribution in [2.75, 3.05) is 35.2 Å². The zero-order valence-corrected chi connectivity index (χ0v) is 19.7. The van der Waals surface area contributed by atoms with Crippen molar-refractivity contribution in [2.24, 2.45) is 0 Å². The number of para-hydroxylation sites is 1. The summed E-state index contributed by atoms with van der Waals surface area (Å²) < 4.78 is 14.5. The van der Waals surface area contributed by atoms with Crippen LogP contribution in [0.2, 0.25) is 0 Å². The standard InChI is InChI=1S/C25H26BrFN4O/c1-25(2)16-31(13-12-28-25)23-11-10-19(15-21(23)26)30-24(32)20-8-3-4-9-22(20)29-18-7-5-6-17(27)14-18/h3-11,14-15,28-29H,12-13,16H2,1-2H3,(H,30,32). The summed E-state index contributed by atoms with van der Waals surface area (Å²) in [5.74, 6) is -0.581. The number of nitrogens with one attached hydrogen (secondary N) is 3. The van der Waals surface area contributed by atoms with Gasteiger partial charge < -0.3 is 20.9 Å². The molecule has 5 nitrogen and oxygen atoms in total. The normalized spacial score (nSPS) is 15.3. The molecule has 4 rings (SSSR count). The maximum Gasteiger partial charge on any atom is 0.257 e. The van der Waals surface area contributed by atoms with Crippen LogP contribution in [0.25, 0.3) is 0 Å². The molecule has 0 unspecified atom stereocenters. The lowest BCUT2D eigenvalue weighted by atomic mass is 10.0. The fourth-order valence-electron chi connectivity index (χ4n) is 3.90. The third-order valence-electron chi connectivity index (χ3n) is 5.39. The SMILES string of the molecule is CC1(C)CN(c2ccc(NC(=O)c3ccccc3Nc3cccc(F)c3)cc2Br)CCN1. The molecule has 1 aliphatic rings. The number of halogens is 2. The first-order valence-corrected chi connectivity index (χ1v) is 11.3. The van der Waals surface area contributed by atoms with Gasteiger partial charge in [0.15, 0.2) is 0 Å². The second kappa shape index (κ2) is 9.30. The minimum absolute atomic E-state index is 0.0446. The number of anilines is 4. The fraction of sp³-hybridized carbons (Fsp3) is 0.240. The van der Waals surface area contributed by atoms with Crippen LogP contribution in [-0.4, -0.2) is 31.1 Å². The van der Waals surface area contributed by atoms with Gasteiger partial charge in [-0.3, -0.25) is 4.79 Å². The number of hydrogen-bond donors (Lipinski definition) is 3. The number of nitrogens with zero attached hydrogens (tertiary/aromatic N) is 1. The first kappa shape index (κ1) is 22.3. The summed E-state index contributed by atoms with van der Waals surface area (Å²) in [7, 11) is 0. The van der Waals surface area contributed by atoms with Gasteiger partial charge in [-0.1, -0.05) is 18.2 Å². The van der Waals surface area contributed by atoms with Gasteiger partial charge in [0.05, 0.1) is 16.9 Å². The van der Waals surface area contributed by atoms with Crippen LogP contribution in [0.1, 0.15) is 24.2 Å². The third kappa shape index (κ3) is 5.29. The molecule has 1 amide bonds. The van der Waals surface area contributed by atoms with Crippen molar-refractivity contribution < 1.29 is 9.18 Å². The Balaban J connectivity index is 1.50. The van der Waals surface area contributed by atoms with Crippen molar-refractivity contribution in [1.29, 1.82) is 0 Å². The lowest BCUT2D eigenvalue weighted by Crippen LogP contribution is -2.57. The fourth-order valence-corrected chi connectivity index (χ4v) is 4.53. The van der Waals surface area contributed by atoms with Gasteiger partial charge in [0.25, 0.3) is 5.91 Å². The van der Waals surface area contributed by atoms with Crippen molar-refractivity contribution in [1.82, 2.24) is 5.32 Å². The quantitative estimate of drug-likeness (QED) is 0.419. The van der Waals surface area contributed by atoms with Gasteiger partial charge in [-0.2, -0.15) is 0 Å². The topological polar surface area (TPSA) is 56.4 Å². The molecule has 7 heteroatoms. The molecule has 0 spiro atoms. The van der Waals surface area contributed by atoms with E-state index in [0.717, 1.165) is 29.8 Å². The van der Waals surface area contributed by atoms with E-state index in [2.05, 4.69) is 50.6 Å². The molecule has 0 radical (unpaired) electrons. The summed E-state index contributed by atoms with van der Waals surface area (Å²) in [4.78, 5) is 15.4. The molecule has 1 aliphatic heterocycles. The Morgan fingerprint density at radius 2 is 1.88 bits per heavy atom. The summed E-state index contributed by atoms with van der Waals surface area (Å²) in [5, 5.41) is 9.62. The molecule has 32 heavy (non-hydrogen) atoms. The summed E-state index contributed by atoms with van der Waals surface area (Å²) in [6.45, 7) is 7.13. The Hall–Kier alpha value is -2.90. The van der Waals surface area contributed by atoms with E-state index >= 15 is 0 Å². The average molecular weight is 497 g/mol. The highest BCUT2D eigenvalue weighted by molar-refractivity contribution is 9.10. The highest BCUT2D eigenvalue weighted by Gasteiger charge is 2.26. The molecule has 0 aromatic heterocycles. The molecule has 1 fully saturated rings. The number of hydrogen-bond acceptors (Lipinski definition) is 4. The predicted octanol–water partition coefficient (Wildman–Crippen LogP) is 5.77. The maximum atomic E-state index is 13.5. The first-order chi connectivity index (χ1) is 15.3. The molecule has 0 saturated carbocycles. The van der Waals surface area contributed by atoms with Crippen molar-refractivity contribution in [3.05, 3.63) is 82.6 Å². The third-order valence-corrected chi connectivity index (χ3v) is 6.03. The number of benzene rings is 3. The molecule has 0 atom stereocenters. The van der Waals surface area contributed by atoms with E-state index in [4.69, 9.17) is 0 Å². The van der Waals surface area contributed by atoms with Crippen molar-refractivity contribution in [3.8, 4) is 0 Å². The van der Waals surface area contributed by atoms with Crippen LogP contribution in [-0.2, 0) is 0 Å². The summed E-state index contributed by atoms with van der Waals surface area (Å²) in [5.41, 5.74) is 3.50. The highest BCUT2D eigenvalue weighted by Crippen LogP contribution is 2.31. The van der Waals surface area contributed by atoms with Crippen LogP contribution in [0.5, 0.6) is 0 Å². The van der Waals surface area contributed by atoms with E-state index < -0.39 is 0 Å². The van der Waals surface area contributed by atoms with Crippen LogP contribution < -0.4 is 20.9 Å². The molecule has 1 saturated heterocycles. The van der Waals surface area contributed by atoms with Gasteiger partial charge >= 0.3 is 0 Å². The van der Waals surface area contributed by atoms with Crippen LogP contribution >= 0.6 is 15.9 Å². The Morgan fingerprint density at radius 3 is 2.62 bits per heavy atom. The lowest BCUT2D eigenvalue weighted by molar-refractivity contribution is 0.102. The van der Waals surface area contributed by atoms with Gasteiger partial charge in [-0.25, -0.2) is 4.39 Å². The van der Waals surface area contributed by atoms with Gasteiger partial charge in [-0.15, -0.1) is 0 Å². The highest BCUT2D eigenvalue weighted by atomic mass is 79.9. The largest absolute Gasteiger partial charge is 0.368 e. The summed E-state index contributed by atoms with van der Waals surface area (Å²) in [6.07, 6.45) is 0. The van der Waals surface area contributed by atoms with E-state index in [1.807, 2.05) is 24.3 Å². The van der Waals surface area contributed by atoms with E-state index in [1.54, 1.807) is 30.3 Å². The van der Waals surface area contributed by atoms with Gasteiger partial charge in [0.1, 0.15) is 5.82 Å². The average Bonchev–Trinajstić information content (AvgIpc) is 2.73. The molecule has 3 aromatic rings. The van der Waals surface area contributed by atoms with Gasteiger partial charge in [0.2, 0.25) is 0 Å². The molecule has 166 valence electrons. The monoisotopic (exact) mass is 496 g/mol. The van der Waals surface area contributed by atoms with E-state index in [-0.39, 0.29) is 17.3 Å². The predicted molar refractivity (Wildman–Crippen MR) is 133 cm³/mol. The van der Waals surface area contributed by atoms with Gasteiger partial charge in [0, 0.05) is 41.0 Å². The Labute approximate surface area is 196 Å². The number of amides is 1. The summed E-state index contributed by atoms with van der Waals surface area (Å²) >= 11 is 3.67. The van der Waals surface area contributed by atoms with Crippen molar-refractivity contribution >= 4 is 44.6 Å². The van der Waals surface area contributed by atoms with Crippen LogP contribution in [0.3, 0.4) is 0 Å². The number of piperazine rings is 1. The smallest absolute Gasteiger partial charge is 0.257 e. The minimum Gasteiger partial charge on any atom is -0.368 e. The maximum absolute atomic E-state index is 13.5. The molecule has 3 N–H and O–H groups in total. The minimum atomic E-state index is -0.338. The first-order valence-electron chi connectivity index (χ1n) is 10.5. The zero-order valence-electron chi connectivity index (χ0n) is 18.1. The molecular weight excluding hydrogens is 471 g/mol. The molecular formula is C25H26BrFN4O. The number of rotatable bonds is 5. The van der Waals surface area contributed by atoms with E-state index in [9.17, 15) is 9.18 Å². The van der Waals surface area contributed by atoms with Gasteiger partial charge in [-0.05, 0) is 78.3 Å². The zero-order chi connectivity index (χ0) is 22.7. The molecule has 3 aromatic carbocycles. The second-order valence-electron chi connectivity index (χ2n) is 8.53. The van der Waals surface area contributed by atoms with Crippen LogP contribution in [0.4, 0.5) is 27.1 Å². The lowest BCUT2D eigenvalue weighted by Gasteiger charge is -2.40. The molecule has 0 aliphatic carbocycles. The van der Waals surface area contributed by atoms with Crippen molar-refractivity contribution in [3.63, 3.8) is 0 Å². The van der Waals surface area contributed by atoms with Crippen LogP contribution in [0, 0.1) is 5.82 Å². The molecule has 0 bridgehead atoms. The second-order valence-corrected chi connectivity index (χ2v) is 9.39. The Bertz CT molecular complexity index is 1130. The number of carbonyl (C=O) groups is 1. The van der Waals surface area contributed by atoms with Crippen molar-refractivity contribution in [2.45, 2.75) is 19.4 Å². The van der Waals surface area contributed by atoms with Crippen LogP contribution in [0.15, 0.2) is 71.2 Å². The van der Waals surface area contributed by atoms with E-state index in [0.29, 0.717) is 22.6 Å². The van der Waals surface area contributed by atoms with E-state index in [1.165, 1.54) is 12.1 Å². The summed E-state index contributed by atoms with van der Waals surface area (Å²) in [6, 6.07) is 19.2. The Kier molecular flexibility index (Phi) is 6.48. The molecule has 1 heterocycles.